The largest absolute Gasteiger partial charge is 0.324 e. The Balaban J connectivity index is 1.69. The van der Waals surface area contributed by atoms with Crippen LogP contribution in [-0.4, -0.2) is 28.9 Å². The zero-order chi connectivity index (χ0) is 15.1. The van der Waals surface area contributed by atoms with Crippen LogP contribution < -0.4 is 10.2 Å². The molecule has 110 valence electrons. The van der Waals surface area contributed by atoms with E-state index < -0.39 is 0 Å². The lowest BCUT2D eigenvalue weighted by molar-refractivity contribution is 0.628. The SMILES string of the molecule is Fc1ccc(Nc2ncc3c(n2)N2CCN=C2C(Br)=C3)cc1. The number of fused-ring (bicyclic) bond motifs is 3. The van der Waals surface area contributed by atoms with E-state index in [1.54, 1.807) is 18.3 Å². The number of hydrogen-bond donors (Lipinski definition) is 1. The molecule has 0 atom stereocenters. The molecular formula is C15H11BrFN5. The van der Waals surface area contributed by atoms with Gasteiger partial charge in [0.05, 0.1) is 11.0 Å². The summed E-state index contributed by atoms with van der Waals surface area (Å²) in [4.78, 5) is 15.4. The van der Waals surface area contributed by atoms with Crippen LogP contribution in [0.5, 0.6) is 0 Å². The van der Waals surface area contributed by atoms with Gasteiger partial charge in [0, 0.05) is 24.0 Å². The molecule has 4 rings (SSSR count). The first-order valence-electron chi connectivity index (χ1n) is 6.80. The summed E-state index contributed by atoms with van der Waals surface area (Å²) in [6.45, 7) is 1.56. The number of rotatable bonds is 2. The molecule has 2 aromatic rings. The number of benzene rings is 1. The molecule has 1 aromatic carbocycles. The Hall–Kier alpha value is -2.28. The summed E-state index contributed by atoms with van der Waals surface area (Å²) in [5.41, 5.74) is 1.68. The lowest BCUT2D eigenvalue weighted by atomic mass is 10.2. The molecule has 0 saturated heterocycles. The second-order valence-corrected chi connectivity index (χ2v) is 5.81. The minimum absolute atomic E-state index is 0.273. The molecule has 3 heterocycles. The van der Waals surface area contributed by atoms with Gasteiger partial charge in [-0.25, -0.2) is 9.37 Å². The van der Waals surface area contributed by atoms with Gasteiger partial charge in [0.15, 0.2) is 0 Å². The molecule has 2 aliphatic heterocycles. The van der Waals surface area contributed by atoms with Crippen molar-refractivity contribution < 1.29 is 4.39 Å². The van der Waals surface area contributed by atoms with Crippen molar-refractivity contribution in [1.82, 2.24) is 9.97 Å². The first kappa shape index (κ1) is 13.4. The van der Waals surface area contributed by atoms with Crippen molar-refractivity contribution >= 4 is 45.3 Å². The molecule has 1 aromatic heterocycles. The highest BCUT2D eigenvalue weighted by molar-refractivity contribution is 9.12. The fourth-order valence-electron chi connectivity index (χ4n) is 2.48. The Labute approximate surface area is 134 Å². The molecule has 0 aliphatic carbocycles. The van der Waals surface area contributed by atoms with Crippen LogP contribution in [0.15, 0.2) is 39.9 Å². The molecule has 0 radical (unpaired) electrons. The van der Waals surface area contributed by atoms with Crippen LogP contribution in [0.4, 0.5) is 21.8 Å². The third-order valence-electron chi connectivity index (χ3n) is 3.49. The number of amidine groups is 1. The average molecular weight is 360 g/mol. The van der Waals surface area contributed by atoms with Gasteiger partial charge >= 0.3 is 0 Å². The minimum atomic E-state index is -0.273. The molecule has 5 nitrogen and oxygen atoms in total. The Morgan fingerprint density at radius 3 is 2.86 bits per heavy atom. The zero-order valence-electron chi connectivity index (χ0n) is 11.4. The Kier molecular flexibility index (Phi) is 3.15. The predicted octanol–water partition coefficient (Wildman–Crippen LogP) is 3.33. The highest BCUT2D eigenvalue weighted by Gasteiger charge is 2.28. The van der Waals surface area contributed by atoms with Crippen molar-refractivity contribution in [2.24, 2.45) is 4.99 Å². The van der Waals surface area contributed by atoms with E-state index in [-0.39, 0.29) is 5.82 Å². The molecule has 7 heteroatoms. The summed E-state index contributed by atoms with van der Waals surface area (Å²) in [6.07, 6.45) is 3.74. The lowest BCUT2D eigenvalue weighted by Gasteiger charge is -2.25. The van der Waals surface area contributed by atoms with Crippen LogP contribution in [-0.2, 0) is 0 Å². The third kappa shape index (κ3) is 2.27. The number of nitrogens with zero attached hydrogens (tertiary/aromatic N) is 4. The van der Waals surface area contributed by atoms with Gasteiger partial charge in [0.2, 0.25) is 5.95 Å². The fourth-order valence-corrected chi connectivity index (χ4v) is 3.07. The van der Waals surface area contributed by atoms with E-state index in [2.05, 4.69) is 41.1 Å². The van der Waals surface area contributed by atoms with Gasteiger partial charge in [-0.2, -0.15) is 4.98 Å². The minimum Gasteiger partial charge on any atom is -0.324 e. The number of nitrogens with one attached hydrogen (secondary N) is 1. The van der Waals surface area contributed by atoms with E-state index >= 15 is 0 Å². The van der Waals surface area contributed by atoms with Crippen molar-refractivity contribution in [3.63, 3.8) is 0 Å². The monoisotopic (exact) mass is 359 g/mol. The topological polar surface area (TPSA) is 53.4 Å². The molecule has 0 spiro atoms. The molecule has 1 N–H and O–H groups in total. The van der Waals surface area contributed by atoms with Crippen LogP contribution >= 0.6 is 15.9 Å². The average Bonchev–Trinajstić information content (AvgIpc) is 3.01. The smallest absolute Gasteiger partial charge is 0.229 e. The normalized spacial score (nSPS) is 15.8. The second kappa shape index (κ2) is 5.17. The van der Waals surface area contributed by atoms with Crippen molar-refractivity contribution in [3.8, 4) is 0 Å². The maximum Gasteiger partial charge on any atom is 0.229 e. The van der Waals surface area contributed by atoms with E-state index in [9.17, 15) is 4.39 Å². The number of halogens is 2. The summed E-state index contributed by atoms with van der Waals surface area (Å²) in [5.74, 6) is 1.94. The first-order valence-corrected chi connectivity index (χ1v) is 7.59. The maximum atomic E-state index is 12.9. The van der Waals surface area contributed by atoms with Crippen LogP contribution in [0.2, 0.25) is 0 Å². The number of aromatic nitrogens is 2. The molecular weight excluding hydrogens is 349 g/mol. The number of anilines is 3. The van der Waals surface area contributed by atoms with Gasteiger partial charge in [-0.15, -0.1) is 0 Å². The van der Waals surface area contributed by atoms with Gasteiger partial charge in [0.1, 0.15) is 17.5 Å². The van der Waals surface area contributed by atoms with Gasteiger partial charge in [-0.3, -0.25) is 4.99 Å². The van der Waals surface area contributed by atoms with Gasteiger partial charge in [0.25, 0.3) is 0 Å². The molecule has 2 aliphatic rings. The van der Waals surface area contributed by atoms with Crippen LogP contribution in [0, 0.1) is 5.82 Å². The summed E-state index contributed by atoms with van der Waals surface area (Å²) >= 11 is 3.53. The molecule has 22 heavy (non-hydrogen) atoms. The van der Waals surface area contributed by atoms with Crippen LogP contribution in [0.1, 0.15) is 5.56 Å². The standard InChI is InChI=1S/C15H11BrFN5/c16-12-7-9-8-19-15(20-11-3-1-10(17)2-4-11)21-13(9)22-6-5-18-14(12)22/h1-4,7-8H,5-6H2,(H,19,20,21). The van der Waals surface area contributed by atoms with Crippen molar-refractivity contribution in [2.75, 3.05) is 23.3 Å². The highest BCUT2D eigenvalue weighted by Crippen LogP contribution is 2.33. The first-order chi connectivity index (χ1) is 10.7. The number of aliphatic imine (C=N–C) groups is 1. The van der Waals surface area contributed by atoms with Crippen molar-refractivity contribution in [1.29, 1.82) is 0 Å². The third-order valence-corrected chi connectivity index (χ3v) is 4.07. The molecule has 0 saturated carbocycles. The van der Waals surface area contributed by atoms with E-state index in [1.807, 2.05) is 6.08 Å². The summed E-state index contributed by atoms with van der Waals surface area (Å²) < 4.78 is 13.9. The predicted molar refractivity (Wildman–Crippen MR) is 88.3 cm³/mol. The Morgan fingerprint density at radius 1 is 1.23 bits per heavy atom. The van der Waals surface area contributed by atoms with E-state index in [0.717, 1.165) is 40.5 Å². The van der Waals surface area contributed by atoms with Gasteiger partial charge < -0.3 is 10.2 Å². The zero-order valence-corrected chi connectivity index (χ0v) is 13.0. The molecule has 0 amide bonds. The Bertz CT molecular complexity index is 800. The summed E-state index contributed by atoms with van der Waals surface area (Å²) in [7, 11) is 0. The van der Waals surface area contributed by atoms with Gasteiger partial charge in [-0.05, 0) is 46.3 Å². The summed E-state index contributed by atoms with van der Waals surface area (Å²) in [5, 5.41) is 3.08. The van der Waals surface area contributed by atoms with E-state index in [4.69, 9.17) is 0 Å². The second-order valence-electron chi connectivity index (χ2n) is 4.95. The summed E-state index contributed by atoms with van der Waals surface area (Å²) in [6, 6.07) is 6.09. The molecule has 0 fully saturated rings. The fraction of sp³-hybridized carbons (Fsp3) is 0.133. The molecule has 0 bridgehead atoms. The van der Waals surface area contributed by atoms with E-state index in [1.165, 1.54) is 12.1 Å². The number of hydrogen-bond acceptors (Lipinski definition) is 5. The lowest BCUT2D eigenvalue weighted by Crippen LogP contribution is -2.31. The van der Waals surface area contributed by atoms with E-state index in [0.29, 0.717) is 5.95 Å². The highest BCUT2D eigenvalue weighted by atomic mass is 79.9. The van der Waals surface area contributed by atoms with Crippen LogP contribution in [0.25, 0.3) is 6.08 Å². The van der Waals surface area contributed by atoms with Gasteiger partial charge in [-0.1, -0.05) is 0 Å². The van der Waals surface area contributed by atoms with Crippen molar-refractivity contribution in [3.05, 3.63) is 46.3 Å². The van der Waals surface area contributed by atoms with Crippen molar-refractivity contribution in [2.45, 2.75) is 0 Å². The quantitative estimate of drug-likeness (QED) is 0.893. The maximum absolute atomic E-state index is 12.9. The Morgan fingerprint density at radius 2 is 2.05 bits per heavy atom. The van der Waals surface area contributed by atoms with Crippen LogP contribution in [0.3, 0.4) is 0 Å². The molecule has 0 unspecified atom stereocenters.